The Balaban J connectivity index is 1.13. The van der Waals surface area contributed by atoms with Gasteiger partial charge in [-0.15, -0.1) is 5.10 Å². The van der Waals surface area contributed by atoms with Crippen molar-refractivity contribution in [1.29, 1.82) is 0 Å². The summed E-state index contributed by atoms with van der Waals surface area (Å²) in [4.78, 5) is 35.0. The van der Waals surface area contributed by atoms with Crippen LogP contribution in [0.2, 0.25) is 0 Å². The molecule has 1 saturated carbocycles. The lowest BCUT2D eigenvalue weighted by molar-refractivity contribution is -0.160. The fourth-order valence-corrected chi connectivity index (χ4v) is 4.33. The number of tetrazole rings is 1. The van der Waals surface area contributed by atoms with E-state index in [1.54, 1.807) is 17.3 Å². The predicted octanol–water partition coefficient (Wildman–Crippen LogP) is -0.200. The number of amides is 2. The van der Waals surface area contributed by atoms with Crippen LogP contribution in [-0.4, -0.2) is 66.5 Å². The zero-order chi connectivity index (χ0) is 20.0. The van der Waals surface area contributed by atoms with Gasteiger partial charge in [0, 0.05) is 48.3 Å². The summed E-state index contributed by atoms with van der Waals surface area (Å²) >= 11 is 0. The summed E-state index contributed by atoms with van der Waals surface area (Å²) < 4.78 is 0. The van der Waals surface area contributed by atoms with Crippen molar-refractivity contribution in [3.05, 3.63) is 30.2 Å². The Morgan fingerprint density at radius 2 is 2.24 bits per heavy atom. The largest absolute Gasteiger partial charge is 0.365 e. The highest BCUT2D eigenvalue weighted by Crippen LogP contribution is 2.52. The van der Waals surface area contributed by atoms with Crippen LogP contribution in [0.25, 0.3) is 10.9 Å². The summed E-state index contributed by atoms with van der Waals surface area (Å²) in [7, 11) is 0. The Hall–Kier alpha value is -3.50. The van der Waals surface area contributed by atoms with Gasteiger partial charge in [-0.05, 0) is 36.1 Å². The number of likely N-dealkylation sites (tertiary alicyclic amines) is 1. The molecule has 1 saturated heterocycles. The van der Waals surface area contributed by atoms with E-state index in [-0.39, 0.29) is 29.7 Å². The van der Waals surface area contributed by atoms with E-state index in [1.807, 2.05) is 12.1 Å². The summed E-state index contributed by atoms with van der Waals surface area (Å²) in [6, 6.07) is 3.65. The second-order valence-corrected chi connectivity index (χ2v) is 7.88. The van der Waals surface area contributed by atoms with Crippen molar-refractivity contribution in [3.63, 3.8) is 0 Å². The molecule has 2 fully saturated rings. The molecule has 5 rings (SSSR count). The molecular formula is C18H21N9O2. The van der Waals surface area contributed by atoms with Gasteiger partial charge in [0.2, 0.25) is 5.91 Å². The molecule has 0 bridgehead atoms. The standard InChI is InChI=1S/C18H21N9O2/c19-17-23-25-27(24-17)8-15(28)26-9-18(10-26)3-1-12(18)7-21-16(29)14-5-11-6-20-4-2-13(11)22-14/h2,4-6,12,22H,1,3,7-10H2,(H2,19,24)(H,21,29). The van der Waals surface area contributed by atoms with Gasteiger partial charge >= 0.3 is 0 Å². The van der Waals surface area contributed by atoms with E-state index in [0.29, 0.717) is 31.2 Å². The number of aromatic nitrogens is 6. The van der Waals surface area contributed by atoms with Crippen LogP contribution in [0.5, 0.6) is 0 Å². The van der Waals surface area contributed by atoms with Gasteiger partial charge in [-0.3, -0.25) is 14.6 Å². The molecule has 2 amide bonds. The molecular weight excluding hydrogens is 374 g/mol. The second-order valence-electron chi connectivity index (χ2n) is 7.88. The first-order valence-corrected chi connectivity index (χ1v) is 9.54. The molecule has 4 N–H and O–H groups in total. The highest BCUT2D eigenvalue weighted by atomic mass is 16.2. The molecule has 11 heteroatoms. The Bertz CT molecular complexity index is 1050. The molecule has 1 aliphatic carbocycles. The summed E-state index contributed by atoms with van der Waals surface area (Å²) in [5, 5.41) is 15.1. The molecule has 4 heterocycles. The predicted molar refractivity (Wildman–Crippen MR) is 102 cm³/mol. The molecule has 1 aliphatic heterocycles. The van der Waals surface area contributed by atoms with Crippen LogP contribution in [0.15, 0.2) is 24.5 Å². The summed E-state index contributed by atoms with van der Waals surface area (Å²) in [5.74, 6) is 0.264. The molecule has 1 unspecified atom stereocenters. The van der Waals surface area contributed by atoms with Gasteiger partial charge in [0.1, 0.15) is 12.2 Å². The molecule has 29 heavy (non-hydrogen) atoms. The van der Waals surface area contributed by atoms with E-state index in [0.717, 1.165) is 23.7 Å². The number of fused-ring (bicyclic) bond motifs is 1. The normalized spacial score (nSPS) is 19.7. The molecule has 0 radical (unpaired) electrons. The van der Waals surface area contributed by atoms with Gasteiger partial charge in [-0.25, -0.2) is 0 Å². The third kappa shape index (κ3) is 3.08. The number of nitrogen functional groups attached to an aromatic ring is 1. The van der Waals surface area contributed by atoms with E-state index >= 15 is 0 Å². The zero-order valence-corrected chi connectivity index (χ0v) is 15.7. The van der Waals surface area contributed by atoms with Crippen LogP contribution in [0.3, 0.4) is 0 Å². The molecule has 150 valence electrons. The SMILES string of the molecule is Nc1nnn(CC(=O)N2CC3(CCC3CNC(=O)c3cc4cnccc4[nH]3)C2)n1. The lowest BCUT2D eigenvalue weighted by Gasteiger charge is -2.60. The van der Waals surface area contributed by atoms with Gasteiger partial charge in [0.05, 0.1) is 0 Å². The van der Waals surface area contributed by atoms with Crippen molar-refractivity contribution in [1.82, 2.24) is 40.4 Å². The summed E-state index contributed by atoms with van der Waals surface area (Å²) in [5.41, 5.74) is 6.96. The Labute approximate surface area is 165 Å². The van der Waals surface area contributed by atoms with E-state index in [4.69, 9.17) is 5.73 Å². The van der Waals surface area contributed by atoms with Crippen LogP contribution in [0.4, 0.5) is 5.95 Å². The number of hydrogen-bond donors (Lipinski definition) is 3. The fraction of sp³-hybridized carbons (Fsp3) is 0.444. The molecule has 1 atom stereocenters. The maximum atomic E-state index is 12.5. The number of nitrogens with zero attached hydrogens (tertiary/aromatic N) is 6. The number of carbonyl (C=O) groups is 2. The second kappa shape index (κ2) is 6.54. The van der Waals surface area contributed by atoms with Crippen molar-refractivity contribution < 1.29 is 9.59 Å². The topological polar surface area (TPSA) is 148 Å². The van der Waals surface area contributed by atoms with Gasteiger partial charge in [-0.2, -0.15) is 4.80 Å². The van der Waals surface area contributed by atoms with Crippen molar-refractivity contribution in [2.45, 2.75) is 19.4 Å². The molecule has 11 nitrogen and oxygen atoms in total. The first kappa shape index (κ1) is 17.6. The number of nitrogens with one attached hydrogen (secondary N) is 2. The average molecular weight is 395 g/mol. The van der Waals surface area contributed by atoms with Crippen molar-refractivity contribution in [2.24, 2.45) is 11.3 Å². The number of carbonyl (C=O) groups excluding carboxylic acids is 2. The maximum Gasteiger partial charge on any atom is 0.267 e. The molecule has 1 spiro atoms. The highest BCUT2D eigenvalue weighted by molar-refractivity contribution is 5.97. The lowest BCUT2D eigenvalue weighted by atomic mass is 9.55. The maximum absolute atomic E-state index is 12.5. The number of hydrogen-bond acceptors (Lipinski definition) is 7. The van der Waals surface area contributed by atoms with Gasteiger partial charge in [0.25, 0.3) is 11.9 Å². The Kier molecular flexibility index (Phi) is 3.96. The average Bonchev–Trinajstić information content (AvgIpc) is 3.25. The first-order valence-electron chi connectivity index (χ1n) is 9.54. The molecule has 0 aromatic carbocycles. The van der Waals surface area contributed by atoms with E-state index in [2.05, 4.69) is 30.7 Å². The monoisotopic (exact) mass is 395 g/mol. The van der Waals surface area contributed by atoms with E-state index in [9.17, 15) is 9.59 Å². The third-order valence-corrected chi connectivity index (χ3v) is 6.14. The highest BCUT2D eigenvalue weighted by Gasteiger charge is 2.55. The number of anilines is 1. The molecule has 3 aromatic rings. The van der Waals surface area contributed by atoms with Crippen LogP contribution < -0.4 is 11.1 Å². The van der Waals surface area contributed by atoms with Crippen LogP contribution in [0, 0.1) is 11.3 Å². The van der Waals surface area contributed by atoms with Crippen LogP contribution >= 0.6 is 0 Å². The quantitative estimate of drug-likeness (QED) is 0.542. The lowest BCUT2D eigenvalue weighted by Crippen LogP contribution is -2.67. The van der Waals surface area contributed by atoms with Gasteiger partial charge in [0.15, 0.2) is 0 Å². The number of H-pyrrole nitrogens is 1. The number of aromatic amines is 1. The Morgan fingerprint density at radius 3 is 2.93 bits per heavy atom. The minimum absolute atomic E-state index is 0.0386. The Morgan fingerprint density at radius 1 is 1.38 bits per heavy atom. The van der Waals surface area contributed by atoms with Crippen molar-refractivity contribution in [3.8, 4) is 0 Å². The van der Waals surface area contributed by atoms with E-state index < -0.39 is 0 Å². The zero-order valence-electron chi connectivity index (χ0n) is 15.7. The molecule has 3 aromatic heterocycles. The fourth-order valence-electron chi connectivity index (χ4n) is 4.33. The van der Waals surface area contributed by atoms with Gasteiger partial charge in [-0.1, -0.05) is 5.10 Å². The summed E-state index contributed by atoms with van der Waals surface area (Å²) in [6.07, 6.45) is 5.55. The van der Waals surface area contributed by atoms with Crippen molar-refractivity contribution >= 4 is 28.7 Å². The van der Waals surface area contributed by atoms with E-state index in [1.165, 1.54) is 4.80 Å². The van der Waals surface area contributed by atoms with Crippen LogP contribution in [-0.2, 0) is 11.3 Å². The summed E-state index contributed by atoms with van der Waals surface area (Å²) in [6.45, 7) is 2.05. The van der Waals surface area contributed by atoms with Crippen molar-refractivity contribution in [2.75, 3.05) is 25.4 Å². The first-order chi connectivity index (χ1) is 14.0. The number of rotatable bonds is 5. The minimum Gasteiger partial charge on any atom is -0.365 e. The molecule has 2 aliphatic rings. The minimum atomic E-state index is -0.120. The third-order valence-electron chi connectivity index (χ3n) is 6.14. The number of nitrogens with two attached hydrogens (primary N) is 1. The van der Waals surface area contributed by atoms with Crippen LogP contribution in [0.1, 0.15) is 23.3 Å². The number of pyridine rings is 1. The van der Waals surface area contributed by atoms with Gasteiger partial charge < -0.3 is 20.9 Å². The smallest absolute Gasteiger partial charge is 0.267 e.